The van der Waals surface area contributed by atoms with Crippen molar-refractivity contribution in [2.45, 2.75) is 6.04 Å². The van der Waals surface area contributed by atoms with E-state index in [4.69, 9.17) is 11.6 Å². The second-order valence-corrected chi connectivity index (χ2v) is 4.77. The van der Waals surface area contributed by atoms with Gasteiger partial charge in [0.1, 0.15) is 12.3 Å². The van der Waals surface area contributed by atoms with Gasteiger partial charge in [-0.3, -0.25) is 4.57 Å². The number of aromatic nitrogens is 3. The van der Waals surface area contributed by atoms with Crippen LogP contribution in [0, 0.1) is 0 Å². The van der Waals surface area contributed by atoms with Crippen molar-refractivity contribution in [2.24, 2.45) is 0 Å². The third-order valence-electron chi connectivity index (χ3n) is 3.15. The van der Waals surface area contributed by atoms with Crippen LogP contribution < -0.4 is 5.69 Å². The zero-order valence-electron chi connectivity index (χ0n) is 10.3. The lowest BCUT2D eigenvalue weighted by Gasteiger charge is -2.12. The largest absolute Gasteiger partial charge is 0.361 e. The molecule has 1 N–H and O–H groups in total. The second kappa shape index (κ2) is 4.94. The summed E-state index contributed by atoms with van der Waals surface area (Å²) in [7, 11) is 0. The van der Waals surface area contributed by atoms with Crippen molar-refractivity contribution in [1.29, 1.82) is 0 Å². The quantitative estimate of drug-likeness (QED) is 0.751. The number of fused-ring (bicyclic) bond motifs is 1. The molecule has 0 spiro atoms. The first-order valence-corrected chi connectivity index (χ1v) is 6.33. The first-order chi connectivity index (χ1) is 9.70. The topological polar surface area (TPSA) is 67.8 Å². The van der Waals surface area contributed by atoms with Crippen LogP contribution in [-0.4, -0.2) is 20.8 Å². The summed E-state index contributed by atoms with van der Waals surface area (Å²) in [6, 6.07) is 6.80. The highest BCUT2D eigenvalue weighted by Crippen LogP contribution is 2.25. The third kappa shape index (κ3) is 2.02. The molecule has 0 saturated carbocycles. The molecule has 0 aliphatic heterocycles. The number of hydrogen-bond donors (Lipinski definition) is 1. The number of carbonyl (C=O) groups excluding carboxylic acids is 1. The van der Waals surface area contributed by atoms with Crippen molar-refractivity contribution in [3.63, 3.8) is 0 Å². The molecule has 20 heavy (non-hydrogen) atoms. The van der Waals surface area contributed by atoms with Gasteiger partial charge < -0.3 is 9.78 Å². The number of hydrogen-bond acceptors (Lipinski definition) is 3. The van der Waals surface area contributed by atoms with Gasteiger partial charge in [0.25, 0.3) is 0 Å². The number of para-hydroxylation sites is 1. The monoisotopic (exact) mass is 287 g/mol. The number of carbonyl (C=O) groups is 1. The number of H-pyrrole nitrogens is 1. The van der Waals surface area contributed by atoms with Crippen molar-refractivity contribution in [2.75, 3.05) is 0 Å². The van der Waals surface area contributed by atoms with E-state index in [-0.39, 0.29) is 0 Å². The van der Waals surface area contributed by atoms with Gasteiger partial charge in [0, 0.05) is 28.9 Å². The standard InChI is InChI=1S/C14H10ClN3O2/c15-9-5-17-14(20)18(7-9)13(8-19)11-6-16-12-4-2-1-3-10(11)12/h1-8,13,16H. The molecule has 1 aromatic carbocycles. The van der Waals surface area contributed by atoms with E-state index >= 15 is 0 Å². The van der Waals surface area contributed by atoms with Gasteiger partial charge in [-0.1, -0.05) is 29.8 Å². The molecule has 2 heterocycles. The summed E-state index contributed by atoms with van der Waals surface area (Å²) >= 11 is 5.85. The lowest BCUT2D eigenvalue weighted by molar-refractivity contribution is -0.109. The average Bonchev–Trinajstić information content (AvgIpc) is 2.88. The lowest BCUT2D eigenvalue weighted by Crippen LogP contribution is -2.27. The van der Waals surface area contributed by atoms with Crippen molar-refractivity contribution >= 4 is 28.8 Å². The van der Waals surface area contributed by atoms with Crippen molar-refractivity contribution in [1.82, 2.24) is 14.5 Å². The zero-order valence-corrected chi connectivity index (χ0v) is 11.0. The molecule has 0 fully saturated rings. The summed E-state index contributed by atoms with van der Waals surface area (Å²) in [5, 5.41) is 1.19. The predicted octanol–water partition coefficient (Wildman–Crippen LogP) is 2.17. The number of halogens is 1. The van der Waals surface area contributed by atoms with E-state index in [0.29, 0.717) is 16.9 Å². The summed E-state index contributed by atoms with van der Waals surface area (Å²) in [5.74, 6) is 0. The third-order valence-corrected chi connectivity index (χ3v) is 3.35. The minimum atomic E-state index is -0.759. The van der Waals surface area contributed by atoms with Gasteiger partial charge in [-0.05, 0) is 6.07 Å². The van der Waals surface area contributed by atoms with Crippen LogP contribution in [0.2, 0.25) is 5.02 Å². The molecule has 0 aliphatic carbocycles. The van der Waals surface area contributed by atoms with Crippen molar-refractivity contribution in [3.8, 4) is 0 Å². The van der Waals surface area contributed by atoms with Crippen LogP contribution in [0.1, 0.15) is 11.6 Å². The minimum absolute atomic E-state index is 0.302. The molecule has 0 aliphatic rings. The van der Waals surface area contributed by atoms with Crippen molar-refractivity contribution < 1.29 is 4.79 Å². The van der Waals surface area contributed by atoms with Crippen LogP contribution in [0.4, 0.5) is 0 Å². The molecule has 0 amide bonds. The lowest BCUT2D eigenvalue weighted by atomic mass is 10.1. The molecular weight excluding hydrogens is 278 g/mol. The van der Waals surface area contributed by atoms with Crippen LogP contribution >= 0.6 is 11.6 Å². The Kier molecular flexibility index (Phi) is 3.12. The van der Waals surface area contributed by atoms with E-state index in [2.05, 4.69) is 9.97 Å². The highest BCUT2D eigenvalue weighted by molar-refractivity contribution is 6.30. The molecule has 5 nitrogen and oxygen atoms in total. The van der Waals surface area contributed by atoms with Gasteiger partial charge in [0.05, 0.1) is 11.2 Å². The van der Waals surface area contributed by atoms with E-state index < -0.39 is 11.7 Å². The van der Waals surface area contributed by atoms with Crippen LogP contribution in [0.5, 0.6) is 0 Å². The first-order valence-electron chi connectivity index (χ1n) is 5.95. The van der Waals surface area contributed by atoms with Gasteiger partial charge in [0.2, 0.25) is 0 Å². The maximum absolute atomic E-state index is 11.8. The molecular formula is C14H10ClN3O2. The van der Waals surface area contributed by atoms with Crippen LogP contribution in [-0.2, 0) is 4.79 Å². The van der Waals surface area contributed by atoms with Gasteiger partial charge in [0.15, 0.2) is 0 Å². The minimum Gasteiger partial charge on any atom is -0.361 e. The zero-order chi connectivity index (χ0) is 14.1. The van der Waals surface area contributed by atoms with Crippen LogP contribution in [0.15, 0.2) is 47.7 Å². The molecule has 0 bridgehead atoms. The Morgan fingerprint density at radius 3 is 2.95 bits per heavy atom. The summed E-state index contributed by atoms with van der Waals surface area (Å²) < 4.78 is 1.23. The highest BCUT2D eigenvalue weighted by Gasteiger charge is 2.18. The number of nitrogens with zero attached hydrogens (tertiary/aromatic N) is 2. The maximum atomic E-state index is 11.8. The molecule has 0 radical (unpaired) electrons. The van der Waals surface area contributed by atoms with Gasteiger partial charge in [-0.25, -0.2) is 4.79 Å². The maximum Gasteiger partial charge on any atom is 0.348 e. The fourth-order valence-corrected chi connectivity index (χ4v) is 2.39. The summed E-state index contributed by atoms with van der Waals surface area (Å²) in [6.07, 6.45) is 5.10. The summed E-state index contributed by atoms with van der Waals surface area (Å²) in [4.78, 5) is 30.0. The number of nitrogens with one attached hydrogen (secondary N) is 1. The smallest absolute Gasteiger partial charge is 0.348 e. The fraction of sp³-hybridized carbons (Fsp3) is 0.0714. The van der Waals surface area contributed by atoms with Gasteiger partial charge >= 0.3 is 5.69 Å². The van der Waals surface area contributed by atoms with E-state index in [9.17, 15) is 9.59 Å². The Balaban J connectivity index is 2.22. The van der Waals surface area contributed by atoms with Crippen LogP contribution in [0.25, 0.3) is 10.9 Å². The van der Waals surface area contributed by atoms with E-state index in [0.717, 1.165) is 10.9 Å². The molecule has 3 rings (SSSR count). The number of aldehydes is 1. The van der Waals surface area contributed by atoms with Gasteiger partial charge in [-0.2, -0.15) is 4.98 Å². The highest BCUT2D eigenvalue weighted by atomic mass is 35.5. The molecule has 3 aromatic rings. The van der Waals surface area contributed by atoms with Crippen LogP contribution in [0.3, 0.4) is 0 Å². The average molecular weight is 288 g/mol. The van der Waals surface area contributed by atoms with Crippen molar-refractivity contribution in [3.05, 3.63) is 63.9 Å². The van der Waals surface area contributed by atoms with E-state index in [1.54, 1.807) is 6.20 Å². The fourth-order valence-electron chi connectivity index (χ4n) is 2.23. The second-order valence-electron chi connectivity index (χ2n) is 4.33. The molecule has 1 atom stereocenters. The molecule has 6 heteroatoms. The number of benzene rings is 1. The van der Waals surface area contributed by atoms with E-state index in [1.165, 1.54) is 17.0 Å². The summed E-state index contributed by atoms with van der Waals surface area (Å²) in [6.45, 7) is 0. The Hall–Kier alpha value is -2.40. The number of rotatable bonds is 3. The SMILES string of the molecule is O=CC(c1c[nH]c2ccccc12)n1cc(Cl)cnc1=O. The molecule has 1 unspecified atom stereocenters. The molecule has 100 valence electrons. The first kappa shape index (κ1) is 12.6. The normalized spacial score (nSPS) is 12.4. The molecule has 2 aromatic heterocycles. The Bertz CT molecular complexity index is 838. The Morgan fingerprint density at radius 1 is 1.35 bits per heavy atom. The predicted molar refractivity (Wildman–Crippen MR) is 76.0 cm³/mol. The number of aromatic amines is 1. The molecule has 0 saturated heterocycles. The summed E-state index contributed by atoms with van der Waals surface area (Å²) in [5.41, 5.74) is 1.09. The van der Waals surface area contributed by atoms with Gasteiger partial charge in [-0.15, -0.1) is 0 Å². The Morgan fingerprint density at radius 2 is 2.15 bits per heavy atom. The Labute approximate surface area is 118 Å². The van der Waals surface area contributed by atoms with E-state index in [1.807, 2.05) is 24.3 Å².